The number of ether oxygens (including phenoxy) is 1. The predicted molar refractivity (Wildman–Crippen MR) is 86.4 cm³/mol. The van der Waals surface area contributed by atoms with Crippen LogP contribution in [0.25, 0.3) is 11.1 Å². The summed E-state index contributed by atoms with van der Waals surface area (Å²) in [6, 6.07) is 14.5. The number of cyclic esters (lactones) is 1. The highest BCUT2D eigenvalue weighted by molar-refractivity contribution is 5.91. The van der Waals surface area contributed by atoms with Crippen molar-refractivity contribution in [3.05, 3.63) is 53.6 Å². The van der Waals surface area contributed by atoms with Gasteiger partial charge in [-0.2, -0.15) is 0 Å². The molecule has 1 fully saturated rings. The molecule has 1 saturated heterocycles. The minimum Gasteiger partial charge on any atom is -0.442 e. The van der Waals surface area contributed by atoms with Gasteiger partial charge in [0.25, 0.3) is 0 Å². The van der Waals surface area contributed by atoms with E-state index in [1.54, 1.807) is 4.90 Å². The van der Waals surface area contributed by atoms with Crippen molar-refractivity contribution >= 4 is 18.2 Å². The first-order valence-corrected chi connectivity index (χ1v) is 7.62. The van der Waals surface area contributed by atoms with Crippen LogP contribution in [0, 0.1) is 0 Å². The van der Waals surface area contributed by atoms with Crippen LogP contribution >= 0.6 is 0 Å². The zero-order valence-corrected chi connectivity index (χ0v) is 12.5. The normalized spacial score (nSPS) is 18.3. The van der Waals surface area contributed by atoms with Gasteiger partial charge >= 0.3 is 6.09 Å². The van der Waals surface area contributed by atoms with E-state index in [1.807, 2.05) is 18.2 Å². The van der Waals surface area contributed by atoms with Gasteiger partial charge in [-0.3, -0.25) is 9.69 Å². The molecule has 0 saturated carbocycles. The molecule has 0 radical (unpaired) electrons. The molecule has 2 amide bonds. The molecule has 5 nitrogen and oxygen atoms in total. The Kier molecular flexibility index (Phi) is 3.26. The SMILES string of the molecule is O=CNC[C@H]1CN(c2ccc3c(c2)Cc2ccccc2-3)C(=O)O1. The van der Waals surface area contributed by atoms with Crippen molar-refractivity contribution in [1.29, 1.82) is 0 Å². The van der Waals surface area contributed by atoms with Crippen molar-refractivity contribution in [3.63, 3.8) is 0 Å². The van der Waals surface area contributed by atoms with Crippen LogP contribution < -0.4 is 10.2 Å². The average Bonchev–Trinajstić information content (AvgIpc) is 3.12. The summed E-state index contributed by atoms with van der Waals surface area (Å²) in [7, 11) is 0. The standard InChI is InChI=1S/C18H16N2O3/c21-11-19-9-15-10-20(18(22)23-15)14-5-6-17-13(8-14)7-12-3-1-2-4-16(12)17/h1-6,8,11,15H,7,9-10H2,(H,19,21)/t15-/m0/s1. The van der Waals surface area contributed by atoms with E-state index in [9.17, 15) is 9.59 Å². The Balaban J connectivity index is 1.59. The summed E-state index contributed by atoms with van der Waals surface area (Å²) < 4.78 is 5.28. The summed E-state index contributed by atoms with van der Waals surface area (Å²) in [6.07, 6.45) is 0.831. The molecule has 2 aromatic rings. The Labute approximate surface area is 133 Å². The van der Waals surface area contributed by atoms with Gasteiger partial charge in [0.2, 0.25) is 6.41 Å². The van der Waals surface area contributed by atoms with Crippen molar-refractivity contribution in [2.75, 3.05) is 18.0 Å². The van der Waals surface area contributed by atoms with Gasteiger partial charge in [0.1, 0.15) is 6.10 Å². The molecule has 23 heavy (non-hydrogen) atoms. The van der Waals surface area contributed by atoms with Crippen LogP contribution in [-0.2, 0) is 16.0 Å². The first-order chi connectivity index (χ1) is 11.3. The van der Waals surface area contributed by atoms with E-state index in [0.29, 0.717) is 19.5 Å². The molecule has 5 heteroatoms. The summed E-state index contributed by atoms with van der Waals surface area (Å²) in [5.74, 6) is 0. The Hall–Kier alpha value is -2.82. The Morgan fingerprint density at radius 3 is 2.87 bits per heavy atom. The van der Waals surface area contributed by atoms with Gasteiger partial charge in [0, 0.05) is 5.69 Å². The summed E-state index contributed by atoms with van der Waals surface area (Å²) in [6.45, 7) is 0.785. The number of hydrogen-bond donors (Lipinski definition) is 1. The molecule has 1 atom stereocenters. The van der Waals surface area contributed by atoms with E-state index in [4.69, 9.17) is 4.74 Å². The minimum atomic E-state index is -0.363. The molecule has 2 aliphatic rings. The van der Waals surface area contributed by atoms with Crippen molar-refractivity contribution < 1.29 is 14.3 Å². The fourth-order valence-corrected chi connectivity index (χ4v) is 3.32. The van der Waals surface area contributed by atoms with E-state index < -0.39 is 0 Å². The number of hydrogen-bond acceptors (Lipinski definition) is 3. The van der Waals surface area contributed by atoms with E-state index in [-0.39, 0.29) is 12.2 Å². The third kappa shape index (κ3) is 2.34. The maximum absolute atomic E-state index is 12.1. The number of carbonyl (C=O) groups excluding carboxylic acids is 2. The maximum Gasteiger partial charge on any atom is 0.414 e. The second-order valence-corrected chi connectivity index (χ2v) is 5.82. The number of nitrogens with zero attached hydrogens (tertiary/aromatic N) is 1. The maximum atomic E-state index is 12.1. The average molecular weight is 308 g/mol. The van der Waals surface area contributed by atoms with E-state index in [2.05, 4.69) is 29.6 Å². The topological polar surface area (TPSA) is 58.6 Å². The quantitative estimate of drug-likeness (QED) is 0.753. The van der Waals surface area contributed by atoms with Gasteiger partial charge in [0.15, 0.2) is 0 Å². The van der Waals surface area contributed by atoms with Crippen LogP contribution in [0.2, 0.25) is 0 Å². The van der Waals surface area contributed by atoms with Crippen LogP contribution in [0.4, 0.5) is 10.5 Å². The number of fused-ring (bicyclic) bond motifs is 3. The van der Waals surface area contributed by atoms with Crippen LogP contribution in [0.15, 0.2) is 42.5 Å². The molecule has 116 valence electrons. The van der Waals surface area contributed by atoms with Gasteiger partial charge in [0.05, 0.1) is 13.1 Å². The van der Waals surface area contributed by atoms with Crippen LogP contribution in [0.1, 0.15) is 11.1 Å². The number of rotatable bonds is 4. The van der Waals surface area contributed by atoms with Gasteiger partial charge in [-0.15, -0.1) is 0 Å². The lowest BCUT2D eigenvalue weighted by molar-refractivity contribution is -0.109. The first-order valence-electron chi connectivity index (χ1n) is 7.62. The summed E-state index contributed by atoms with van der Waals surface area (Å²) in [5.41, 5.74) is 5.89. The van der Waals surface area contributed by atoms with Gasteiger partial charge in [-0.1, -0.05) is 30.3 Å². The number of carbonyl (C=O) groups is 2. The van der Waals surface area contributed by atoms with Crippen molar-refractivity contribution in [2.24, 2.45) is 0 Å². The van der Waals surface area contributed by atoms with Crippen LogP contribution in [0.3, 0.4) is 0 Å². The molecule has 0 unspecified atom stereocenters. The van der Waals surface area contributed by atoms with Crippen LogP contribution in [0.5, 0.6) is 0 Å². The fraction of sp³-hybridized carbons (Fsp3) is 0.222. The molecule has 4 rings (SSSR count). The van der Waals surface area contributed by atoms with Gasteiger partial charge in [-0.25, -0.2) is 4.79 Å². The highest BCUT2D eigenvalue weighted by Gasteiger charge is 2.32. The zero-order chi connectivity index (χ0) is 15.8. The van der Waals surface area contributed by atoms with Crippen molar-refractivity contribution in [2.45, 2.75) is 12.5 Å². The summed E-state index contributed by atoms with van der Waals surface area (Å²) >= 11 is 0. The van der Waals surface area contributed by atoms with E-state index in [0.717, 1.165) is 12.1 Å². The first kappa shape index (κ1) is 13.8. The third-order valence-corrected chi connectivity index (χ3v) is 4.39. The second kappa shape index (κ2) is 5.43. The van der Waals surface area contributed by atoms with Gasteiger partial charge < -0.3 is 10.1 Å². The smallest absolute Gasteiger partial charge is 0.414 e. The Morgan fingerprint density at radius 2 is 2.00 bits per heavy atom. The highest BCUT2D eigenvalue weighted by Crippen LogP contribution is 2.38. The predicted octanol–water partition coefficient (Wildman–Crippen LogP) is 2.33. The molecular formula is C18H16N2O3. The molecule has 1 heterocycles. The van der Waals surface area contributed by atoms with Crippen molar-refractivity contribution in [1.82, 2.24) is 5.32 Å². The number of benzene rings is 2. The zero-order valence-electron chi connectivity index (χ0n) is 12.5. The lowest BCUT2D eigenvalue weighted by Gasteiger charge is -2.14. The number of nitrogens with one attached hydrogen (secondary N) is 1. The number of anilines is 1. The molecule has 1 N–H and O–H groups in total. The fourth-order valence-electron chi connectivity index (χ4n) is 3.32. The van der Waals surface area contributed by atoms with E-state index >= 15 is 0 Å². The molecule has 1 aliphatic heterocycles. The Bertz CT molecular complexity index is 788. The molecular weight excluding hydrogens is 292 g/mol. The molecule has 0 bridgehead atoms. The monoisotopic (exact) mass is 308 g/mol. The van der Waals surface area contributed by atoms with Gasteiger partial charge in [-0.05, 0) is 40.8 Å². The lowest BCUT2D eigenvalue weighted by atomic mass is 10.1. The molecule has 2 aromatic carbocycles. The highest BCUT2D eigenvalue weighted by atomic mass is 16.6. The van der Waals surface area contributed by atoms with Crippen LogP contribution in [-0.4, -0.2) is 31.7 Å². The summed E-state index contributed by atoms with van der Waals surface area (Å²) in [4.78, 5) is 24.0. The Morgan fingerprint density at radius 1 is 1.17 bits per heavy atom. The third-order valence-electron chi connectivity index (χ3n) is 4.39. The molecule has 0 spiro atoms. The number of amides is 2. The van der Waals surface area contributed by atoms with Crippen molar-refractivity contribution in [3.8, 4) is 11.1 Å². The second-order valence-electron chi connectivity index (χ2n) is 5.82. The minimum absolute atomic E-state index is 0.307. The largest absolute Gasteiger partial charge is 0.442 e. The lowest BCUT2D eigenvalue weighted by Crippen LogP contribution is -2.30. The van der Waals surface area contributed by atoms with E-state index in [1.165, 1.54) is 22.3 Å². The summed E-state index contributed by atoms with van der Waals surface area (Å²) in [5, 5.41) is 2.55. The molecule has 1 aliphatic carbocycles. The molecule has 0 aromatic heterocycles.